The number of hydrogen-bond acceptors (Lipinski definition) is 2. The summed E-state index contributed by atoms with van der Waals surface area (Å²) in [5.74, 6) is -0.301. The van der Waals surface area contributed by atoms with E-state index >= 15 is 0 Å². The van der Waals surface area contributed by atoms with Crippen LogP contribution in [0.25, 0.3) is 0 Å². The predicted octanol–water partition coefficient (Wildman–Crippen LogP) is 4.35. The summed E-state index contributed by atoms with van der Waals surface area (Å²) < 4.78 is 71.6. The number of alkyl halides is 5. The van der Waals surface area contributed by atoms with Crippen molar-refractivity contribution in [3.63, 3.8) is 0 Å². The minimum Gasteiger partial charge on any atom is -0.312 e. The summed E-state index contributed by atoms with van der Waals surface area (Å²) in [5, 5.41) is 0. The summed E-state index contributed by atoms with van der Waals surface area (Å²) in [6.07, 6.45) is -9.23. The lowest BCUT2D eigenvalue weighted by Crippen LogP contribution is -2.54. The number of ether oxygens (including phenoxy) is 2. The van der Waals surface area contributed by atoms with Crippen LogP contribution in [0.2, 0.25) is 0 Å². The lowest BCUT2D eigenvalue weighted by molar-refractivity contribution is -0.439. The largest absolute Gasteiger partial charge is 0.523 e. The molecule has 0 N–H and O–H groups in total. The molecule has 0 spiro atoms. The average Bonchev–Trinajstić information content (AvgIpc) is 1.95. The van der Waals surface area contributed by atoms with Gasteiger partial charge in [-0.3, -0.25) is 4.74 Å². The molecule has 0 saturated heterocycles. The molecule has 0 heterocycles. The SMILES string of the molecule is CC(C)C(C)(C)OC(F)(F)C(C)(C)OC(F)(F)F. The molecule has 7 heteroatoms. The van der Waals surface area contributed by atoms with Gasteiger partial charge in [-0.1, -0.05) is 13.8 Å². The third-order valence-corrected chi connectivity index (χ3v) is 2.85. The average molecular weight is 278 g/mol. The standard InChI is InChI=1S/C11H19F5O2/c1-7(2)8(3,4)17-10(12,13)9(5,6)18-11(14,15)16/h7H,1-6H3. The van der Waals surface area contributed by atoms with E-state index in [2.05, 4.69) is 9.47 Å². The second kappa shape index (κ2) is 4.92. The molecule has 0 saturated carbocycles. The fraction of sp³-hybridized carbons (Fsp3) is 1.00. The monoisotopic (exact) mass is 278 g/mol. The van der Waals surface area contributed by atoms with Crippen LogP contribution in [0.1, 0.15) is 41.5 Å². The van der Waals surface area contributed by atoms with Gasteiger partial charge in [0.15, 0.2) is 5.60 Å². The van der Waals surface area contributed by atoms with Crippen molar-refractivity contribution < 1.29 is 31.4 Å². The molecule has 0 unspecified atom stereocenters. The second-order valence-corrected chi connectivity index (χ2v) is 5.44. The first-order valence-electron chi connectivity index (χ1n) is 5.45. The van der Waals surface area contributed by atoms with E-state index in [1.807, 2.05) is 0 Å². The van der Waals surface area contributed by atoms with Crippen molar-refractivity contribution in [1.82, 2.24) is 0 Å². The summed E-state index contributed by atoms with van der Waals surface area (Å²) in [4.78, 5) is 0. The Kier molecular flexibility index (Phi) is 4.80. The minimum absolute atomic E-state index is 0.301. The summed E-state index contributed by atoms with van der Waals surface area (Å²) in [5.41, 5.74) is -4.09. The molecule has 0 rings (SSSR count). The van der Waals surface area contributed by atoms with Crippen molar-refractivity contribution >= 4 is 0 Å². The van der Waals surface area contributed by atoms with Crippen molar-refractivity contribution in [3.05, 3.63) is 0 Å². The topological polar surface area (TPSA) is 18.5 Å². The van der Waals surface area contributed by atoms with Crippen molar-refractivity contribution in [2.75, 3.05) is 0 Å². The molecule has 0 amide bonds. The van der Waals surface area contributed by atoms with E-state index in [4.69, 9.17) is 0 Å². The van der Waals surface area contributed by atoms with Gasteiger partial charge in [0.1, 0.15) is 0 Å². The molecule has 0 aliphatic rings. The van der Waals surface area contributed by atoms with Gasteiger partial charge in [-0.2, -0.15) is 8.78 Å². The Hall–Kier alpha value is -0.430. The van der Waals surface area contributed by atoms with Crippen molar-refractivity contribution in [1.29, 1.82) is 0 Å². The zero-order chi connectivity index (χ0) is 15.0. The predicted molar refractivity (Wildman–Crippen MR) is 56.2 cm³/mol. The van der Waals surface area contributed by atoms with Gasteiger partial charge < -0.3 is 4.74 Å². The Morgan fingerprint density at radius 1 is 0.778 bits per heavy atom. The molecule has 0 aliphatic heterocycles. The number of hydrogen-bond donors (Lipinski definition) is 0. The molecule has 0 aromatic rings. The highest BCUT2D eigenvalue weighted by Crippen LogP contribution is 2.41. The lowest BCUT2D eigenvalue weighted by Gasteiger charge is -2.40. The van der Waals surface area contributed by atoms with Crippen LogP contribution in [-0.2, 0) is 9.47 Å². The van der Waals surface area contributed by atoms with Crippen molar-refractivity contribution in [2.45, 2.75) is 65.2 Å². The van der Waals surface area contributed by atoms with E-state index < -0.39 is 23.7 Å². The summed E-state index contributed by atoms with van der Waals surface area (Å²) in [7, 11) is 0. The van der Waals surface area contributed by atoms with E-state index in [0.29, 0.717) is 13.8 Å². The Labute approximate surface area is 103 Å². The van der Waals surface area contributed by atoms with Gasteiger partial charge in [0, 0.05) is 0 Å². The van der Waals surface area contributed by atoms with Crippen LogP contribution < -0.4 is 0 Å². The normalized spacial score (nSPS) is 15.3. The van der Waals surface area contributed by atoms with Gasteiger partial charge in [0.05, 0.1) is 5.60 Å². The van der Waals surface area contributed by atoms with E-state index in [0.717, 1.165) is 0 Å². The first kappa shape index (κ1) is 17.6. The molecule has 18 heavy (non-hydrogen) atoms. The fourth-order valence-electron chi connectivity index (χ4n) is 0.920. The van der Waals surface area contributed by atoms with Gasteiger partial charge in [0.2, 0.25) is 0 Å². The second-order valence-electron chi connectivity index (χ2n) is 5.44. The molecule has 0 aromatic heterocycles. The third-order valence-electron chi connectivity index (χ3n) is 2.85. The van der Waals surface area contributed by atoms with Gasteiger partial charge in [0.25, 0.3) is 0 Å². The molecule has 0 bridgehead atoms. The molecule has 0 radical (unpaired) electrons. The van der Waals surface area contributed by atoms with E-state index in [1.165, 1.54) is 13.8 Å². The molecule has 2 nitrogen and oxygen atoms in total. The van der Waals surface area contributed by atoms with Crippen molar-refractivity contribution in [2.24, 2.45) is 5.92 Å². The number of halogens is 5. The number of rotatable bonds is 5. The molecular weight excluding hydrogens is 259 g/mol. The molecule has 0 fully saturated rings. The maximum Gasteiger partial charge on any atom is 0.523 e. The molecule has 0 aromatic carbocycles. The van der Waals surface area contributed by atoms with Gasteiger partial charge in [-0.05, 0) is 33.6 Å². The Morgan fingerprint density at radius 3 is 1.44 bits per heavy atom. The molecule has 110 valence electrons. The highest BCUT2D eigenvalue weighted by Gasteiger charge is 2.57. The van der Waals surface area contributed by atoms with Gasteiger partial charge in [-0.15, -0.1) is 13.2 Å². The minimum atomic E-state index is -5.15. The first-order valence-corrected chi connectivity index (χ1v) is 5.45. The third kappa shape index (κ3) is 4.68. The van der Waals surface area contributed by atoms with Crippen LogP contribution in [0, 0.1) is 5.92 Å². The van der Waals surface area contributed by atoms with Crippen LogP contribution >= 0.6 is 0 Å². The summed E-state index contributed by atoms with van der Waals surface area (Å²) in [6.45, 7) is 7.31. The highest BCUT2D eigenvalue weighted by atomic mass is 19.4. The van der Waals surface area contributed by atoms with Crippen molar-refractivity contribution in [3.8, 4) is 0 Å². The van der Waals surface area contributed by atoms with Crippen LogP contribution in [-0.4, -0.2) is 23.7 Å². The smallest absolute Gasteiger partial charge is 0.312 e. The van der Waals surface area contributed by atoms with Crippen LogP contribution in [0.5, 0.6) is 0 Å². The van der Waals surface area contributed by atoms with E-state index in [1.54, 1.807) is 13.8 Å². The van der Waals surface area contributed by atoms with Crippen LogP contribution in [0.15, 0.2) is 0 Å². The van der Waals surface area contributed by atoms with Gasteiger partial charge in [-0.25, -0.2) is 0 Å². The van der Waals surface area contributed by atoms with E-state index in [9.17, 15) is 22.0 Å². The summed E-state index contributed by atoms with van der Waals surface area (Å²) in [6, 6.07) is 0. The fourth-order valence-corrected chi connectivity index (χ4v) is 0.920. The lowest BCUT2D eigenvalue weighted by atomic mass is 9.94. The van der Waals surface area contributed by atoms with Crippen LogP contribution in [0.4, 0.5) is 22.0 Å². The molecule has 0 atom stereocenters. The van der Waals surface area contributed by atoms with Crippen LogP contribution in [0.3, 0.4) is 0 Å². The maximum absolute atomic E-state index is 13.7. The summed E-state index contributed by atoms with van der Waals surface area (Å²) >= 11 is 0. The Morgan fingerprint density at radius 2 is 1.17 bits per heavy atom. The zero-order valence-corrected chi connectivity index (χ0v) is 11.3. The van der Waals surface area contributed by atoms with Gasteiger partial charge >= 0.3 is 12.5 Å². The molecule has 0 aliphatic carbocycles. The quantitative estimate of drug-likeness (QED) is 0.696. The zero-order valence-electron chi connectivity index (χ0n) is 11.3. The Balaban J connectivity index is 5.02. The molecular formula is C11H19F5O2. The highest BCUT2D eigenvalue weighted by molar-refractivity contribution is 4.85. The first-order chi connectivity index (χ1) is 7.61. The Bertz CT molecular complexity index is 282. The van der Waals surface area contributed by atoms with E-state index in [-0.39, 0.29) is 5.92 Å². The maximum atomic E-state index is 13.7.